The van der Waals surface area contributed by atoms with Crippen molar-refractivity contribution in [3.05, 3.63) is 0 Å². The maximum Gasteiger partial charge on any atom is 0.305 e. The Hall–Kier alpha value is -0.470. The summed E-state index contributed by atoms with van der Waals surface area (Å²) in [5.74, 6) is -4.64. The highest BCUT2D eigenvalue weighted by Gasteiger charge is 2.41. The van der Waals surface area contributed by atoms with Crippen LogP contribution in [0.15, 0.2) is 0 Å². The molecular weight excluding hydrogens is 186 g/mol. The summed E-state index contributed by atoms with van der Waals surface area (Å²) in [6, 6.07) is 0. The van der Waals surface area contributed by atoms with Gasteiger partial charge >= 0.3 is 5.92 Å². The third kappa shape index (κ3) is 3.72. The second kappa shape index (κ2) is 4.85. The molecule has 0 heterocycles. The Balaban J connectivity index is 4.41. The van der Waals surface area contributed by atoms with Gasteiger partial charge in [-0.15, -0.1) is 0 Å². The molecule has 1 atom stereocenters. The van der Waals surface area contributed by atoms with Crippen molar-refractivity contribution in [2.75, 3.05) is 0 Å². The second-order valence-corrected chi connectivity index (χ2v) is 4.65. The van der Waals surface area contributed by atoms with Gasteiger partial charge in [0, 0.05) is 12.3 Å². The van der Waals surface area contributed by atoms with E-state index < -0.39 is 17.6 Å². The van der Waals surface area contributed by atoms with E-state index in [2.05, 4.69) is 0 Å². The number of rotatable bonds is 5. The van der Waals surface area contributed by atoms with Crippen LogP contribution in [0.5, 0.6) is 0 Å². The molecule has 0 saturated heterocycles. The Morgan fingerprint density at radius 1 is 1.14 bits per heavy atom. The van der Waals surface area contributed by atoms with E-state index in [1.54, 1.807) is 6.92 Å². The fourth-order valence-corrected chi connectivity index (χ4v) is 1.16. The maximum atomic E-state index is 13.3. The Morgan fingerprint density at radius 3 is 1.86 bits per heavy atom. The summed E-state index contributed by atoms with van der Waals surface area (Å²) < 4.78 is 26.7. The summed E-state index contributed by atoms with van der Waals surface area (Å²) in [5.41, 5.74) is 0. The van der Waals surface area contributed by atoms with Crippen LogP contribution in [0, 0.1) is 17.8 Å². The van der Waals surface area contributed by atoms with Crippen LogP contribution in [0.25, 0.3) is 0 Å². The minimum atomic E-state index is -3.15. The van der Waals surface area contributed by atoms with E-state index in [4.69, 9.17) is 0 Å². The van der Waals surface area contributed by atoms with Crippen LogP contribution in [-0.4, -0.2) is 11.7 Å². The number of Topliss-reactive ketones (excluding diaryl/α,β-unsaturated/α-hetero) is 1. The molecule has 0 bridgehead atoms. The van der Waals surface area contributed by atoms with E-state index in [9.17, 15) is 13.6 Å². The number of ketones is 1. The third-order valence-corrected chi connectivity index (χ3v) is 2.60. The number of hydrogen-bond acceptors (Lipinski definition) is 1. The van der Waals surface area contributed by atoms with Gasteiger partial charge in [0.25, 0.3) is 0 Å². The van der Waals surface area contributed by atoms with Crippen molar-refractivity contribution in [2.24, 2.45) is 17.8 Å². The highest BCUT2D eigenvalue weighted by atomic mass is 19.3. The molecule has 3 heteroatoms. The minimum absolute atomic E-state index is 0.132. The van der Waals surface area contributed by atoms with Gasteiger partial charge in [-0.3, -0.25) is 4.79 Å². The first-order valence-corrected chi connectivity index (χ1v) is 5.10. The molecule has 84 valence electrons. The average molecular weight is 206 g/mol. The lowest BCUT2D eigenvalue weighted by Gasteiger charge is -2.23. The Bertz CT molecular complexity index is 197. The maximum absolute atomic E-state index is 13.3. The van der Waals surface area contributed by atoms with Gasteiger partial charge in [-0.05, 0) is 11.8 Å². The predicted molar refractivity (Wildman–Crippen MR) is 53.4 cm³/mol. The SMILES string of the molecule is CC(C)C(=O)C(F)(F)C[C@H](C)C(C)C. The third-order valence-electron chi connectivity index (χ3n) is 2.60. The van der Waals surface area contributed by atoms with Crippen LogP contribution in [-0.2, 0) is 4.79 Å². The topological polar surface area (TPSA) is 17.1 Å². The first kappa shape index (κ1) is 13.5. The Morgan fingerprint density at radius 2 is 1.57 bits per heavy atom. The van der Waals surface area contributed by atoms with Gasteiger partial charge in [0.1, 0.15) is 0 Å². The molecule has 0 rings (SSSR count). The summed E-state index contributed by atoms with van der Waals surface area (Å²) in [7, 11) is 0. The fraction of sp³-hybridized carbons (Fsp3) is 0.909. The molecule has 0 aliphatic heterocycles. The molecule has 0 aromatic carbocycles. The average Bonchev–Trinajstić information content (AvgIpc) is 2.01. The number of hydrogen-bond donors (Lipinski definition) is 0. The summed E-state index contributed by atoms with van der Waals surface area (Å²) in [5, 5.41) is 0. The van der Waals surface area contributed by atoms with E-state index in [0.717, 1.165) is 0 Å². The van der Waals surface area contributed by atoms with Gasteiger partial charge in [0.2, 0.25) is 5.78 Å². The van der Waals surface area contributed by atoms with E-state index in [1.807, 2.05) is 13.8 Å². The number of alkyl halides is 2. The van der Waals surface area contributed by atoms with Crippen LogP contribution in [0.1, 0.15) is 41.0 Å². The van der Waals surface area contributed by atoms with E-state index in [0.29, 0.717) is 0 Å². The molecule has 0 amide bonds. The zero-order valence-corrected chi connectivity index (χ0v) is 9.60. The molecule has 0 saturated carbocycles. The molecular formula is C11H20F2O. The number of carbonyl (C=O) groups is 1. The summed E-state index contributed by atoms with van der Waals surface area (Å²) >= 11 is 0. The highest BCUT2D eigenvalue weighted by Crippen LogP contribution is 2.30. The monoisotopic (exact) mass is 206 g/mol. The van der Waals surface area contributed by atoms with Crippen LogP contribution >= 0.6 is 0 Å². The largest absolute Gasteiger partial charge is 0.305 e. The molecule has 0 fully saturated rings. The normalized spacial score (nSPS) is 14.9. The Labute approximate surface area is 84.9 Å². The smallest absolute Gasteiger partial charge is 0.293 e. The van der Waals surface area contributed by atoms with Gasteiger partial charge in [-0.2, -0.15) is 8.78 Å². The predicted octanol–water partition coefficient (Wildman–Crippen LogP) is 3.53. The van der Waals surface area contributed by atoms with Crippen molar-refractivity contribution in [3.8, 4) is 0 Å². The molecule has 0 unspecified atom stereocenters. The number of carbonyl (C=O) groups excluding carboxylic acids is 1. The van der Waals surface area contributed by atoms with Gasteiger partial charge in [-0.1, -0.05) is 34.6 Å². The lowest BCUT2D eigenvalue weighted by Crippen LogP contribution is -2.35. The molecule has 0 N–H and O–H groups in total. The highest BCUT2D eigenvalue weighted by molar-refractivity contribution is 5.87. The Kier molecular flexibility index (Phi) is 4.69. The van der Waals surface area contributed by atoms with Gasteiger partial charge in [-0.25, -0.2) is 0 Å². The zero-order chi connectivity index (χ0) is 11.5. The van der Waals surface area contributed by atoms with Gasteiger partial charge in [0.15, 0.2) is 0 Å². The van der Waals surface area contributed by atoms with Crippen molar-refractivity contribution in [3.63, 3.8) is 0 Å². The van der Waals surface area contributed by atoms with E-state index in [1.165, 1.54) is 13.8 Å². The lowest BCUT2D eigenvalue weighted by atomic mass is 9.88. The minimum Gasteiger partial charge on any atom is -0.293 e. The molecule has 0 aromatic rings. The molecule has 0 spiro atoms. The summed E-state index contributed by atoms with van der Waals surface area (Å²) in [6.45, 7) is 8.56. The van der Waals surface area contributed by atoms with Crippen molar-refractivity contribution in [1.82, 2.24) is 0 Å². The van der Waals surface area contributed by atoms with Crippen molar-refractivity contribution >= 4 is 5.78 Å². The van der Waals surface area contributed by atoms with Crippen LogP contribution in [0.3, 0.4) is 0 Å². The first-order chi connectivity index (χ1) is 6.18. The molecule has 14 heavy (non-hydrogen) atoms. The van der Waals surface area contributed by atoms with Crippen LogP contribution < -0.4 is 0 Å². The van der Waals surface area contributed by atoms with E-state index in [-0.39, 0.29) is 18.3 Å². The van der Waals surface area contributed by atoms with Crippen molar-refractivity contribution in [1.29, 1.82) is 0 Å². The van der Waals surface area contributed by atoms with Crippen LogP contribution in [0.2, 0.25) is 0 Å². The van der Waals surface area contributed by atoms with Crippen LogP contribution in [0.4, 0.5) is 8.78 Å². The molecule has 0 aromatic heterocycles. The second-order valence-electron chi connectivity index (χ2n) is 4.65. The zero-order valence-electron chi connectivity index (χ0n) is 9.60. The quantitative estimate of drug-likeness (QED) is 0.672. The number of halogens is 2. The first-order valence-electron chi connectivity index (χ1n) is 5.10. The van der Waals surface area contributed by atoms with E-state index >= 15 is 0 Å². The molecule has 0 aliphatic rings. The molecule has 0 aliphatic carbocycles. The summed E-state index contributed by atoms with van der Waals surface area (Å²) in [6.07, 6.45) is -0.332. The van der Waals surface area contributed by atoms with Gasteiger partial charge in [0.05, 0.1) is 0 Å². The van der Waals surface area contributed by atoms with Crippen molar-refractivity contribution in [2.45, 2.75) is 47.0 Å². The summed E-state index contributed by atoms with van der Waals surface area (Å²) in [4.78, 5) is 11.2. The molecule has 1 nitrogen and oxygen atoms in total. The fourth-order valence-electron chi connectivity index (χ4n) is 1.16. The molecule has 0 radical (unpaired) electrons. The van der Waals surface area contributed by atoms with Gasteiger partial charge < -0.3 is 0 Å². The standard InChI is InChI=1S/C11H20F2O/c1-7(2)9(5)6-11(12,13)10(14)8(3)4/h7-9H,6H2,1-5H3/t9-/m0/s1. The lowest BCUT2D eigenvalue weighted by molar-refractivity contribution is -0.149. The van der Waals surface area contributed by atoms with Crippen molar-refractivity contribution < 1.29 is 13.6 Å².